The van der Waals surface area contributed by atoms with Gasteiger partial charge in [0.1, 0.15) is 0 Å². The summed E-state index contributed by atoms with van der Waals surface area (Å²) in [5, 5.41) is 20.3. The summed E-state index contributed by atoms with van der Waals surface area (Å²) >= 11 is 5.97. The Labute approximate surface area is 180 Å². The highest BCUT2D eigenvalue weighted by molar-refractivity contribution is 6.31. The van der Waals surface area contributed by atoms with Crippen molar-refractivity contribution in [3.63, 3.8) is 0 Å². The van der Waals surface area contributed by atoms with Gasteiger partial charge in [0.2, 0.25) is 5.91 Å². The number of pyridine rings is 1. The highest BCUT2D eigenvalue weighted by atomic mass is 35.5. The van der Waals surface area contributed by atoms with Crippen LogP contribution in [0.25, 0.3) is 0 Å². The summed E-state index contributed by atoms with van der Waals surface area (Å²) in [6, 6.07) is 3.67. The van der Waals surface area contributed by atoms with Crippen molar-refractivity contribution in [3.8, 4) is 0 Å². The number of aromatic amines is 1. The predicted octanol–water partition coefficient (Wildman–Crippen LogP) is 4.12. The third kappa shape index (κ3) is 4.28. The highest BCUT2D eigenvalue weighted by Gasteiger charge is 2.50. The van der Waals surface area contributed by atoms with Gasteiger partial charge in [0, 0.05) is 35.5 Å². The van der Waals surface area contributed by atoms with E-state index in [-0.39, 0.29) is 29.8 Å². The average Bonchev–Trinajstić information content (AvgIpc) is 3.07. The van der Waals surface area contributed by atoms with E-state index >= 15 is 0 Å². The summed E-state index contributed by atoms with van der Waals surface area (Å²) < 4.78 is 0. The largest absolute Gasteiger partial charge is 0.465 e. The van der Waals surface area contributed by atoms with Crippen molar-refractivity contribution in [2.24, 2.45) is 0 Å². The minimum absolute atomic E-state index is 0.0283. The molecule has 2 fully saturated rings. The Morgan fingerprint density at radius 1 is 1.37 bits per heavy atom. The average molecular weight is 432 g/mol. The van der Waals surface area contributed by atoms with Crippen LogP contribution in [0.1, 0.15) is 61.9 Å². The number of rotatable bonds is 6. The lowest BCUT2D eigenvalue weighted by Gasteiger charge is -2.32. The Morgan fingerprint density at radius 2 is 2.13 bits per heavy atom. The van der Waals surface area contributed by atoms with Crippen molar-refractivity contribution in [1.82, 2.24) is 20.1 Å². The molecule has 2 aliphatic rings. The van der Waals surface area contributed by atoms with Crippen LogP contribution in [0.15, 0.2) is 18.3 Å². The molecule has 2 aliphatic carbocycles. The number of nitrogens with zero attached hydrogens (tertiary/aromatic N) is 3. The molecule has 2 aromatic rings. The lowest BCUT2D eigenvalue weighted by atomic mass is 10.0. The quantitative estimate of drug-likeness (QED) is 0.637. The van der Waals surface area contributed by atoms with Crippen molar-refractivity contribution in [2.45, 2.75) is 69.9 Å². The van der Waals surface area contributed by atoms with Crippen molar-refractivity contribution in [3.05, 3.63) is 40.3 Å². The maximum absolute atomic E-state index is 12.3. The van der Waals surface area contributed by atoms with Crippen molar-refractivity contribution < 1.29 is 14.7 Å². The second-order valence-electron chi connectivity index (χ2n) is 8.67. The maximum Gasteiger partial charge on any atom is 0.408 e. The van der Waals surface area contributed by atoms with E-state index in [4.69, 9.17) is 11.6 Å². The number of halogens is 1. The molecule has 0 aromatic carbocycles. The Balaban J connectivity index is 1.35. The zero-order chi connectivity index (χ0) is 21.5. The third-order valence-corrected chi connectivity index (χ3v) is 6.68. The van der Waals surface area contributed by atoms with E-state index < -0.39 is 6.09 Å². The first-order valence-corrected chi connectivity index (χ1v) is 10.6. The fourth-order valence-corrected chi connectivity index (χ4v) is 4.48. The van der Waals surface area contributed by atoms with Crippen LogP contribution >= 0.6 is 11.6 Å². The molecule has 30 heavy (non-hydrogen) atoms. The third-order valence-electron chi connectivity index (χ3n) is 6.28. The minimum atomic E-state index is -0.829. The summed E-state index contributed by atoms with van der Waals surface area (Å²) in [6.07, 6.45) is 5.23. The van der Waals surface area contributed by atoms with E-state index in [1.807, 2.05) is 19.9 Å². The fraction of sp³-hybridized carbons (Fsp3) is 0.524. The molecule has 0 unspecified atom stereocenters. The van der Waals surface area contributed by atoms with Crippen molar-refractivity contribution in [1.29, 1.82) is 0 Å². The lowest BCUT2D eigenvalue weighted by Crippen LogP contribution is -2.45. The molecule has 2 saturated carbocycles. The van der Waals surface area contributed by atoms with E-state index in [2.05, 4.69) is 20.5 Å². The molecule has 0 radical (unpaired) electrons. The molecular weight excluding hydrogens is 406 g/mol. The minimum Gasteiger partial charge on any atom is -0.465 e. The van der Waals surface area contributed by atoms with E-state index in [1.54, 1.807) is 17.2 Å². The van der Waals surface area contributed by atoms with Gasteiger partial charge in [-0.2, -0.15) is 5.10 Å². The Morgan fingerprint density at radius 3 is 2.80 bits per heavy atom. The molecule has 0 bridgehead atoms. The van der Waals surface area contributed by atoms with Gasteiger partial charge >= 0.3 is 6.09 Å². The van der Waals surface area contributed by atoms with Gasteiger partial charge in [-0.3, -0.25) is 19.8 Å². The Kier molecular flexibility index (Phi) is 5.44. The normalized spacial score (nSPS) is 22.0. The summed E-state index contributed by atoms with van der Waals surface area (Å²) in [5.41, 5.74) is 2.25. The summed E-state index contributed by atoms with van der Waals surface area (Å²) in [6.45, 7) is 3.89. The van der Waals surface area contributed by atoms with Crippen LogP contribution in [0.2, 0.25) is 5.02 Å². The molecule has 2 aromatic heterocycles. The molecule has 3 N–H and O–H groups in total. The summed E-state index contributed by atoms with van der Waals surface area (Å²) in [4.78, 5) is 29.9. The molecule has 2 heterocycles. The summed E-state index contributed by atoms with van der Waals surface area (Å²) in [5.74, 6) is 0.469. The first-order valence-electron chi connectivity index (χ1n) is 10.2. The number of anilines is 1. The molecule has 160 valence electrons. The molecule has 9 heteroatoms. The number of amides is 2. The Hall–Kier alpha value is -2.61. The van der Waals surface area contributed by atoms with Gasteiger partial charge < -0.3 is 10.4 Å². The van der Waals surface area contributed by atoms with Gasteiger partial charge in [-0.15, -0.1) is 0 Å². The smallest absolute Gasteiger partial charge is 0.408 e. The van der Waals surface area contributed by atoms with Crippen LogP contribution in [0, 0.1) is 6.92 Å². The summed E-state index contributed by atoms with van der Waals surface area (Å²) in [7, 11) is 0. The second-order valence-corrected chi connectivity index (χ2v) is 9.08. The topological polar surface area (TPSA) is 111 Å². The molecule has 0 aliphatic heterocycles. The number of hydrogen-bond acceptors (Lipinski definition) is 4. The number of carbonyl (C=O) groups excluding carboxylic acids is 1. The number of carbonyl (C=O) groups is 2. The van der Waals surface area contributed by atoms with Gasteiger partial charge in [-0.1, -0.05) is 11.6 Å². The number of hydrogen-bond donors (Lipinski definition) is 3. The number of aromatic nitrogens is 3. The van der Waals surface area contributed by atoms with Gasteiger partial charge in [-0.05, 0) is 57.6 Å². The van der Waals surface area contributed by atoms with E-state index in [9.17, 15) is 14.7 Å². The van der Waals surface area contributed by atoms with Gasteiger partial charge in [0.05, 0.1) is 17.1 Å². The number of H-pyrrole nitrogens is 1. The maximum atomic E-state index is 12.3. The van der Waals surface area contributed by atoms with Gasteiger partial charge in [0.25, 0.3) is 0 Å². The number of nitrogens with one attached hydrogen (secondary N) is 2. The standard InChI is InChI=1S/C21H26ClN5O3/c1-12-7-14(23-11-16(12)22)9-19(28)24-18-10-17(25-26-18)13-3-4-15(8-13)27(20(29)30)21(2)5-6-21/h7,10-11,13,15H,3-6,8-9H2,1-2H3,(H,29,30)(H2,24,25,26,28)/t13-,15+/m0/s1. The zero-order valence-corrected chi connectivity index (χ0v) is 17.9. The van der Waals surface area contributed by atoms with Gasteiger partial charge in [-0.25, -0.2) is 4.79 Å². The fourth-order valence-electron chi connectivity index (χ4n) is 4.38. The highest BCUT2D eigenvalue weighted by Crippen LogP contribution is 2.47. The molecule has 0 spiro atoms. The van der Waals surface area contributed by atoms with Crippen molar-refractivity contribution >= 4 is 29.4 Å². The van der Waals surface area contributed by atoms with Crippen LogP contribution in [-0.4, -0.2) is 48.8 Å². The van der Waals surface area contributed by atoms with E-state index in [0.29, 0.717) is 16.5 Å². The lowest BCUT2D eigenvalue weighted by molar-refractivity contribution is -0.115. The number of aryl methyl sites for hydroxylation is 1. The molecule has 2 amide bonds. The monoisotopic (exact) mass is 431 g/mol. The van der Waals surface area contributed by atoms with Crippen LogP contribution in [0.5, 0.6) is 0 Å². The molecule has 8 nitrogen and oxygen atoms in total. The van der Waals surface area contributed by atoms with Gasteiger partial charge in [0.15, 0.2) is 5.82 Å². The predicted molar refractivity (Wildman–Crippen MR) is 113 cm³/mol. The second kappa shape index (κ2) is 7.91. The SMILES string of the molecule is Cc1cc(CC(=O)Nc2cc([C@H]3CC[C@@H](N(C(=O)O)C4(C)CC4)C3)[nH]n2)ncc1Cl. The first-order chi connectivity index (χ1) is 14.2. The van der Waals surface area contributed by atoms with Crippen LogP contribution in [-0.2, 0) is 11.2 Å². The molecule has 2 atom stereocenters. The van der Waals surface area contributed by atoms with Crippen molar-refractivity contribution in [2.75, 3.05) is 5.32 Å². The Bertz CT molecular complexity index is 971. The van der Waals surface area contributed by atoms with E-state index in [1.165, 1.54) is 0 Å². The van der Waals surface area contributed by atoms with Crippen LogP contribution < -0.4 is 5.32 Å². The molecule has 4 rings (SSSR count). The van der Waals surface area contributed by atoms with Crippen LogP contribution in [0.3, 0.4) is 0 Å². The number of carboxylic acid groups (broad SMARTS) is 1. The van der Waals surface area contributed by atoms with E-state index in [0.717, 1.165) is 43.4 Å². The molecular formula is C21H26ClN5O3. The zero-order valence-electron chi connectivity index (χ0n) is 17.1. The first kappa shape index (κ1) is 20.7. The molecule has 0 saturated heterocycles. The van der Waals surface area contributed by atoms with Crippen LogP contribution in [0.4, 0.5) is 10.6 Å².